The fourth-order valence-electron chi connectivity index (χ4n) is 2.87. The molecule has 1 amide bonds. The van der Waals surface area contributed by atoms with Gasteiger partial charge in [0.1, 0.15) is 0 Å². The minimum absolute atomic E-state index is 0.0405. The molecule has 0 saturated heterocycles. The second-order valence-corrected chi connectivity index (χ2v) is 7.80. The summed E-state index contributed by atoms with van der Waals surface area (Å²) in [6.07, 6.45) is 0.836. The summed E-state index contributed by atoms with van der Waals surface area (Å²) in [5, 5.41) is 0. The molecule has 0 bridgehead atoms. The van der Waals surface area contributed by atoms with Gasteiger partial charge in [-0.25, -0.2) is 13.1 Å². The van der Waals surface area contributed by atoms with Crippen LogP contribution in [0.5, 0.6) is 0 Å². The minimum Gasteiger partial charge on any atom is -0.339 e. The summed E-state index contributed by atoms with van der Waals surface area (Å²) in [4.78, 5) is 13.7. The van der Waals surface area contributed by atoms with E-state index in [1.165, 1.54) is 6.92 Å². The summed E-state index contributed by atoms with van der Waals surface area (Å²) in [5.74, 6) is -0.0405. The van der Waals surface area contributed by atoms with Crippen LogP contribution in [0.1, 0.15) is 43.9 Å². The van der Waals surface area contributed by atoms with Crippen LogP contribution in [0.3, 0.4) is 0 Å². The average Bonchev–Trinajstić information content (AvgIpc) is 2.40. The molecule has 1 aromatic rings. The lowest BCUT2D eigenvalue weighted by atomic mass is 10.1. The van der Waals surface area contributed by atoms with Gasteiger partial charge in [-0.2, -0.15) is 0 Å². The Labute approximate surface area is 140 Å². The number of carbonyl (C=O) groups is 1. The Bertz CT molecular complexity index is 645. The number of hydrogen-bond acceptors (Lipinski definition) is 3. The van der Waals surface area contributed by atoms with Crippen LogP contribution < -0.4 is 4.72 Å². The summed E-state index contributed by atoms with van der Waals surface area (Å²) >= 11 is 0. The van der Waals surface area contributed by atoms with Crippen LogP contribution in [0.4, 0.5) is 0 Å². The molecule has 0 heterocycles. The molecule has 6 heteroatoms. The summed E-state index contributed by atoms with van der Waals surface area (Å²) in [6, 6.07) is 3.82. The van der Waals surface area contributed by atoms with Crippen LogP contribution in [0.15, 0.2) is 17.0 Å². The third-order valence-corrected chi connectivity index (χ3v) is 5.81. The maximum absolute atomic E-state index is 12.6. The molecule has 0 spiro atoms. The van der Waals surface area contributed by atoms with Gasteiger partial charge in [-0.15, -0.1) is 0 Å². The lowest BCUT2D eigenvalue weighted by Gasteiger charge is -2.27. The number of hydrogen-bond donors (Lipinski definition) is 1. The molecule has 5 nitrogen and oxygen atoms in total. The van der Waals surface area contributed by atoms with Gasteiger partial charge in [0.2, 0.25) is 15.9 Å². The molecule has 0 aliphatic carbocycles. The van der Waals surface area contributed by atoms with Gasteiger partial charge in [-0.3, -0.25) is 4.79 Å². The first-order valence-electron chi connectivity index (χ1n) is 7.94. The summed E-state index contributed by atoms with van der Waals surface area (Å²) in [6.45, 7) is 11.6. The molecule has 0 saturated carbocycles. The average molecular weight is 340 g/mol. The summed E-state index contributed by atoms with van der Waals surface area (Å²) in [5.41, 5.74) is 2.51. The zero-order valence-electron chi connectivity index (χ0n) is 14.9. The molecule has 0 aromatic heterocycles. The summed E-state index contributed by atoms with van der Waals surface area (Å²) < 4.78 is 27.7. The number of amides is 1. The number of nitrogens with zero attached hydrogens (tertiary/aromatic N) is 1. The zero-order chi connectivity index (χ0) is 17.8. The molecule has 1 atom stereocenters. The van der Waals surface area contributed by atoms with E-state index in [9.17, 15) is 13.2 Å². The highest BCUT2D eigenvalue weighted by molar-refractivity contribution is 7.89. The quantitative estimate of drug-likeness (QED) is 0.829. The van der Waals surface area contributed by atoms with Crippen molar-refractivity contribution in [2.75, 3.05) is 13.1 Å². The first-order chi connectivity index (χ1) is 10.6. The molecule has 0 aliphatic rings. The number of sulfonamides is 1. The van der Waals surface area contributed by atoms with Crippen molar-refractivity contribution in [2.24, 2.45) is 0 Å². The van der Waals surface area contributed by atoms with E-state index in [0.29, 0.717) is 11.4 Å². The van der Waals surface area contributed by atoms with E-state index in [4.69, 9.17) is 0 Å². The van der Waals surface area contributed by atoms with E-state index in [2.05, 4.69) is 4.72 Å². The van der Waals surface area contributed by atoms with Crippen LogP contribution in [-0.2, 0) is 14.8 Å². The fourth-order valence-corrected chi connectivity index (χ4v) is 4.34. The van der Waals surface area contributed by atoms with Crippen molar-refractivity contribution in [3.8, 4) is 0 Å². The highest BCUT2D eigenvalue weighted by Gasteiger charge is 2.21. The van der Waals surface area contributed by atoms with E-state index in [0.717, 1.165) is 23.1 Å². The van der Waals surface area contributed by atoms with Crippen molar-refractivity contribution < 1.29 is 13.2 Å². The smallest absolute Gasteiger partial charge is 0.241 e. The van der Waals surface area contributed by atoms with Gasteiger partial charge in [0.15, 0.2) is 0 Å². The lowest BCUT2D eigenvalue weighted by Crippen LogP contribution is -2.42. The van der Waals surface area contributed by atoms with Crippen molar-refractivity contribution in [3.63, 3.8) is 0 Å². The number of carbonyl (C=O) groups excluding carboxylic acids is 1. The topological polar surface area (TPSA) is 66.5 Å². The van der Waals surface area contributed by atoms with Gasteiger partial charge >= 0.3 is 0 Å². The Morgan fingerprint density at radius 3 is 2.17 bits per heavy atom. The Kier molecular flexibility index (Phi) is 6.77. The molecule has 0 aliphatic heterocycles. The van der Waals surface area contributed by atoms with E-state index < -0.39 is 10.0 Å². The number of rotatable bonds is 7. The molecule has 1 unspecified atom stereocenters. The predicted octanol–water partition coefficient (Wildman–Crippen LogP) is 2.54. The van der Waals surface area contributed by atoms with Crippen molar-refractivity contribution in [1.82, 2.24) is 9.62 Å². The first-order valence-corrected chi connectivity index (χ1v) is 9.43. The van der Waals surface area contributed by atoms with Gasteiger partial charge in [0.25, 0.3) is 0 Å². The molecule has 0 fully saturated rings. The Balaban J connectivity index is 2.87. The fraction of sp³-hybridized carbons (Fsp3) is 0.588. The van der Waals surface area contributed by atoms with E-state index in [1.807, 2.05) is 32.9 Å². The highest BCUT2D eigenvalue weighted by atomic mass is 32.2. The minimum atomic E-state index is -3.58. The lowest BCUT2D eigenvalue weighted by molar-refractivity contribution is -0.130. The molecule has 1 N–H and O–H groups in total. The van der Waals surface area contributed by atoms with E-state index in [1.54, 1.807) is 18.7 Å². The molecule has 23 heavy (non-hydrogen) atoms. The standard InChI is InChI=1S/C17H28N2O3S/c1-7-15(5)19(16(6)20)9-8-18-23(21,22)17-13(3)10-12(2)11-14(17)4/h10-11,15,18H,7-9H2,1-6H3. The third kappa shape index (κ3) is 5.04. The van der Waals surface area contributed by atoms with Crippen LogP contribution in [-0.4, -0.2) is 38.4 Å². The highest BCUT2D eigenvalue weighted by Crippen LogP contribution is 2.21. The predicted molar refractivity (Wildman–Crippen MR) is 93.0 cm³/mol. The summed E-state index contributed by atoms with van der Waals surface area (Å²) in [7, 11) is -3.58. The number of benzene rings is 1. The molecular formula is C17H28N2O3S. The van der Waals surface area contributed by atoms with Crippen molar-refractivity contribution in [3.05, 3.63) is 28.8 Å². The van der Waals surface area contributed by atoms with E-state index >= 15 is 0 Å². The second kappa shape index (κ2) is 7.93. The second-order valence-electron chi connectivity index (χ2n) is 6.10. The number of nitrogens with one attached hydrogen (secondary N) is 1. The third-order valence-electron chi connectivity index (χ3n) is 4.05. The molecule has 1 rings (SSSR count). The first kappa shape index (κ1) is 19.6. The van der Waals surface area contributed by atoms with Crippen molar-refractivity contribution >= 4 is 15.9 Å². The van der Waals surface area contributed by atoms with Crippen molar-refractivity contribution in [2.45, 2.75) is 58.9 Å². The largest absolute Gasteiger partial charge is 0.339 e. The van der Waals surface area contributed by atoms with Gasteiger partial charge in [0, 0.05) is 26.1 Å². The van der Waals surface area contributed by atoms with Crippen LogP contribution in [0.25, 0.3) is 0 Å². The molecule has 0 radical (unpaired) electrons. The maximum Gasteiger partial charge on any atom is 0.241 e. The maximum atomic E-state index is 12.6. The zero-order valence-corrected chi connectivity index (χ0v) is 15.8. The number of aryl methyl sites for hydroxylation is 3. The van der Waals surface area contributed by atoms with Crippen LogP contribution >= 0.6 is 0 Å². The van der Waals surface area contributed by atoms with E-state index in [-0.39, 0.29) is 18.5 Å². The van der Waals surface area contributed by atoms with Gasteiger partial charge < -0.3 is 4.90 Å². The normalized spacial score (nSPS) is 13.0. The van der Waals surface area contributed by atoms with Crippen LogP contribution in [0, 0.1) is 20.8 Å². The Morgan fingerprint density at radius 2 is 1.74 bits per heavy atom. The Hall–Kier alpha value is -1.40. The van der Waals surface area contributed by atoms with Crippen LogP contribution in [0.2, 0.25) is 0 Å². The monoisotopic (exact) mass is 340 g/mol. The van der Waals surface area contributed by atoms with Crippen molar-refractivity contribution in [1.29, 1.82) is 0 Å². The van der Waals surface area contributed by atoms with Gasteiger partial charge in [-0.1, -0.05) is 24.6 Å². The van der Waals surface area contributed by atoms with Gasteiger partial charge in [-0.05, 0) is 45.2 Å². The molecule has 1 aromatic carbocycles. The van der Waals surface area contributed by atoms with Gasteiger partial charge in [0.05, 0.1) is 4.90 Å². The molecular weight excluding hydrogens is 312 g/mol. The molecule has 130 valence electrons. The SMILES string of the molecule is CCC(C)N(CCNS(=O)(=O)c1c(C)cc(C)cc1C)C(C)=O. The Morgan fingerprint density at radius 1 is 1.22 bits per heavy atom.